The first-order valence-corrected chi connectivity index (χ1v) is 9.13. The summed E-state index contributed by atoms with van der Waals surface area (Å²) in [5.41, 5.74) is 1.46. The molecule has 0 aliphatic carbocycles. The van der Waals surface area contributed by atoms with Crippen LogP contribution in [0.15, 0.2) is 42.7 Å². The maximum atomic E-state index is 12.5. The predicted octanol–water partition coefficient (Wildman–Crippen LogP) is 1.14. The van der Waals surface area contributed by atoms with E-state index in [0.717, 1.165) is 18.7 Å². The van der Waals surface area contributed by atoms with Crippen LogP contribution >= 0.6 is 0 Å². The molecule has 8 heteroatoms. The number of rotatable bonds is 7. The van der Waals surface area contributed by atoms with Crippen LogP contribution in [-0.4, -0.2) is 57.9 Å². The lowest BCUT2D eigenvalue weighted by molar-refractivity contribution is -0.605. The van der Waals surface area contributed by atoms with Crippen molar-refractivity contribution >= 4 is 5.91 Å². The van der Waals surface area contributed by atoms with Gasteiger partial charge in [-0.25, -0.2) is 0 Å². The van der Waals surface area contributed by atoms with Crippen LogP contribution in [0, 0.1) is 5.21 Å². The summed E-state index contributed by atoms with van der Waals surface area (Å²) in [6.45, 7) is 3.27. The van der Waals surface area contributed by atoms with Crippen LogP contribution < -0.4 is 19.5 Å². The van der Waals surface area contributed by atoms with Crippen molar-refractivity contribution in [2.24, 2.45) is 0 Å². The smallest absolute Gasteiger partial charge is 0.251 e. The van der Waals surface area contributed by atoms with Crippen LogP contribution in [0.4, 0.5) is 0 Å². The molecular formula is C20H25N3O5. The monoisotopic (exact) mass is 387 g/mol. The molecule has 0 radical (unpaired) electrons. The molecule has 150 valence electrons. The zero-order valence-electron chi connectivity index (χ0n) is 16.1. The molecule has 1 aromatic heterocycles. The molecule has 0 saturated carbocycles. The molecule has 2 aromatic rings. The molecule has 1 N–H and O–H groups in total. The van der Waals surface area contributed by atoms with Crippen LogP contribution in [-0.2, 0) is 4.74 Å². The fraction of sp³-hybridized carbons (Fsp3) is 0.400. The first-order valence-electron chi connectivity index (χ1n) is 9.13. The van der Waals surface area contributed by atoms with Crippen LogP contribution in [0.2, 0.25) is 0 Å². The van der Waals surface area contributed by atoms with E-state index >= 15 is 0 Å². The van der Waals surface area contributed by atoms with Gasteiger partial charge in [0, 0.05) is 31.8 Å². The summed E-state index contributed by atoms with van der Waals surface area (Å²) in [7, 11) is 3.20. The summed E-state index contributed by atoms with van der Waals surface area (Å²) >= 11 is 0. The maximum absolute atomic E-state index is 12.5. The van der Waals surface area contributed by atoms with Crippen molar-refractivity contribution in [1.29, 1.82) is 0 Å². The number of hydrogen-bond acceptors (Lipinski definition) is 6. The number of hydrogen-bond donors (Lipinski definition) is 1. The maximum Gasteiger partial charge on any atom is 0.251 e. The summed E-state index contributed by atoms with van der Waals surface area (Å²) in [5, 5.41) is 14.1. The second kappa shape index (κ2) is 9.38. The number of nitrogens with one attached hydrogen (secondary N) is 1. The number of morpholine rings is 1. The van der Waals surface area contributed by atoms with Gasteiger partial charge in [0.15, 0.2) is 23.9 Å². The van der Waals surface area contributed by atoms with Crippen molar-refractivity contribution in [3.05, 3.63) is 59.1 Å². The van der Waals surface area contributed by atoms with E-state index in [0.29, 0.717) is 41.6 Å². The Hall–Kier alpha value is -2.84. The zero-order valence-corrected chi connectivity index (χ0v) is 16.1. The molecule has 1 aliphatic rings. The zero-order chi connectivity index (χ0) is 19.9. The van der Waals surface area contributed by atoms with Crippen molar-refractivity contribution in [2.45, 2.75) is 6.04 Å². The van der Waals surface area contributed by atoms with E-state index in [4.69, 9.17) is 14.2 Å². The lowest BCUT2D eigenvalue weighted by Gasteiger charge is -2.35. The number of pyridine rings is 1. The van der Waals surface area contributed by atoms with Gasteiger partial charge in [0.2, 0.25) is 0 Å². The van der Waals surface area contributed by atoms with E-state index in [1.807, 2.05) is 18.2 Å². The molecule has 3 rings (SSSR count). The van der Waals surface area contributed by atoms with Gasteiger partial charge in [-0.15, -0.1) is 0 Å². The average Bonchev–Trinajstić information content (AvgIpc) is 2.74. The number of aromatic nitrogens is 1. The van der Waals surface area contributed by atoms with Crippen LogP contribution in [0.5, 0.6) is 11.5 Å². The molecule has 0 spiro atoms. The molecule has 8 nitrogen and oxygen atoms in total. The summed E-state index contributed by atoms with van der Waals surface area (Å²) in [4.78, 5) is 14.8. The number of nitrogens with zero attached hydrogens (tertiary/aromatic N) is 2. The highest BCUT2D eigenvalue weighted by Crippen LogP contribution is 2.32. The summed E-state index contributed by atoms with van der Waals surface area (Å²) in [5.74, 6) is 1.08. The Bertz CT molecular complexity index is 791. The molecule has 2 heterocycles. The van der Waals surface area contributed by atoms with Crippen molar-refractivity contribution in [2.75, 3.05) is 47.1 Å². The van der Waals surface area contributed by atoms with Crippen molar-refractivity contribution in [3.63, 3.8) is 0 Å². The Morgan fingerprint density at radius 3 is 2.50 bits per heavy atom. The van der Waals surface area contributed by atoms with Gasteiger partial charge in [0.1, 0.15) is 0 Å². The third kappa shape index (κ3) is 4.71. The minimum absolute atomic E-state index is 0.0409. The highest BCUT2D eigenvalue weighted by Gasteiger charge is 2.24. The third-order valence-electron chi connectivity index (χ3n) is 4.80. The molecule has 28 heavy (non-hydrogen) atoms. The molecule has 1 amide bonds. The third-order valence-corrected chi connectivity index (χ3v) is 4.80. The van der Waals surface area contributed by atoms with E-state index in [2.05, 4.69) is 10.2 Å². The molecule has 0 bridgehead atoms. The topological polar surface area (TPSA) is 87.0 Å². The second-order valence-electron chi connectivity index (χ2n) is 6.44. The largest absolute Gasteiger partial charge is 0.619 e. The molecule has 1 saturated heterocycles. The van der Waals surface area contributed by atoms with Crippen LogP contribution in [0.3, 0.4) is 0 Å². The summed E-state index contributed by atoms with van der Waals surface area (Å²) in [6.07, 6.45) is 2.62. The molecule has 1 aliphatic heterocycles. The number of carbonyl (C=O) groups excluding carboxylic acids is 1. The highest BCUT2D eigenvalue weighted by molar-refractivity contribution is 5.93. The van der Waals surface area contributed by atoms with E-state index < -0.39 is 0 Å². The Balaban J connectivity index is 1.79. The Labute approximate surface area is 164 Å². The Morgan fingerprint density at radius 2 is 1.86 bits per heavy atom. The number of benzene rings is 1. The van der Waals surface area contributed by atoms with E-state index in [-0.39, 0.29) is 11.9 Å². The Kier molecular flexibility index (Phi) is 6.67. The van der Waals surface area contributed by atoms with Gasteiger partial charge < -0.3 is 24.7 Å². The van der Waals surface area contributed by atoms with Gasteiger partial charge in [-0.05, 0) is 17.7 Å². The average molecular weight is 387 g/mol. The minimum Gasteiger partial charge on any atom is -0.619 e. The predicted molar refractivity (Wildman–Crippen MR) is 102 cm³/mol. The fourth-order valence-corrected chi connectivity index (χ4v) is 3.26. The van der Waals surface area contributed by atoms with E-state index in [1.54, 1.807) is 14.2 Å². The fourth-order valence-electron chi connectivity index (χ4n) is 3.26. The van der Waals surface area contributed by atoms with Gasteiger partial charge in [-0.2, -0.15) is 4.73 Å². The van der Waals surface area contributed by atoms with Crippen molar-refractivity contribution in [3.8, 4) is 11.5 Å². The standard InChI is InChI=1S/C20H25N3O5/c1-26-18-4-3-16(13-19(18)27-2)17(22-9-11-28-12-10-22)14-21-20(24)15-5-7-23(25)8-6-15/h3-8,13,17H,9-12,14H2,1-2H3,(H,21,24). The first-order chi connectivity index (χ1) is 13.6. The number of amides is 1. The van der Waals surface area contributed by atoms with Gasteiger partial charge >= 0.3 is 0 Å². The van der Waals surface area contributed by atoms with Gasteiger partial charge in [0.05, 0.1) is 39.0 Å². The lowest BCUT2D eigenvalue weighted by atomic mass is 10.0. The summed E-state index contributed by atoms with van der Waals surface area (Å²) in [6, 6.07) is 8.75. The molecule has 1 aromatic carbocycles. The van der Waals surface area contributed by atoms with Crippen molar-refractivity contribution in [1.82, 2.24) is 10.2 Å². The lowest BCUT2D eigenvalue weighted by Crippen LogP contribution is -2.43. The molecule has 1 atom stereocenters. The quantitative estimate of drug-likeness (QED) is 0.566. The number of ether oxygens (including phenoxy) is 3. The second-order valence-corrected chi connectivity index (χ2v) is 6.44. The van der Waals surface area contributed by atoms with E-state index in [9.17, 15) is 10.0 Å². The number of methoxy groups -OCH3 is 2. The molecule has 1 fully saturated rings. The van der Waals surface area contributed by atoms with E-state index in [1.165, 1.54) is 24.5 Å². The molecule has 1 unspecified atom stereocenters. The molecular weight excluding hydrogens is 362 g/mol. The van der Waals surface area contributed by atoms with Gasteiger partial charge in [0.25, 0.3) is 5.91 Å². The van der Waals surface area contributed by atoms with Crippen LogP contribution in [0.1, 0.15) is 22.0 Å². The summed E-state index contributed by atoms with van der Waals surface area (Å²) < 4.78 is 16.9. The van der Waals surface area contributed by atoms with Crippen LogP contribution in [0.25, 0.3) is 0 Å². The normalized spacial score (nSPS) is 15.6. The highest BCUT2D eigenvalue weighted by atomic mass is 16.5. The number of carbonyl (C=O) groups is 1. The SMILES string of the molecule is COc1ccc(C(CNC(=O)c2cc[n+]([O-])cc2)N2CCOCC2)cc1OC. The first kappa shape index (κ1) is 19.9. The van der Waals surface area contributed by atoms with Gasteiger partial charge in [-0.3, -0.25) is 9.69 Å². The minimum atomic E-state index is -0.223. The van der Waals surface area contributed by atoms with Crippen molar-refractivity contribution < 1.29 is 23.7 Å². The van der Waals surface area contributed by atoms with Gasteiger partial charge in [-0.1, -0.05) is 6.07 Å². The Morgan fingerprint density at radius 1 is 1.18 bits per heavy atom.